The predicted molar refractivity (Wildman–Crippen MR) is 134 cm³/mol. The van der Waals surface area contributed by atoms with Gasteiger partial charge >= 0.3 is 0 Å². The van der Waals surface area contributed by atoms with Crippen LogP contribution >= 0.6 is 0 Å². The topological polar surface area (TPSA) is 78.1 Å². The zero-order valence-corrected chi connectivity index (χ0v) is 19.3. The molecule has 0 radical (unpaired) electrons. The molecule has 1 aliphatic heterocycles. The number of carbonyl (C=O) groups is 2. The summed E-state index contributed by atoms with van der Waals surface area (Å²) < 4.78 is 2.06. The first-order chi connectivity index (χ1) is 16.6. The third-order valence-corrected chi connectivity index (χ3v) is 6.34. The van der Waals surface area contributed by atoms with Gasteiger partial charge in [-0.05, 0) is 37.0 Å². The molecule has 1 N–H and O–H groups in total. The van der Waals surface area contributed by atoms with Crippen molar-refractivity contribution >= 4 is 28.8 Å². The Bertz CT molecular complexity index is 1200. The van der Waals surface area contributed by atoms with Crippen LogP contribution in [0.15, 0.2) is 66.9 Å². The van der Waals surface area contributed by atoms with Crippen molar-refractivity contribution in [3.8, 4) is 6.07 Å². The van der Waals surface area contributed by atoms with Gasteiger partial charge in [0.2, 0.25) is 11.8 Å². The molecule has 0 atom stereocenters. The fraction of sp³-hybridized carbons (Fsp3) is 0.321. The van der Waals surface area contributed by atoms with Crippen molar-refractivity contribution in [2.24, 2.45) is 0 Å². The number of piperidine rings is 1. The molecule has 174 valence electrons. The van der Waals surface area contributed by atoms with E-state index in [0.717, 1.165) is 41.3 Å². The van der Waals surface area contributed by atoms with Crippen molar-refractivity contribution < 1.29 is 9.59 Å². The number of aryl methyl sites for hydroxylation is 2. The van der Waals surface area contributed by atoms with E-state index in [1.54, 1.807) is 6.08 Å². The van der Waals surface area contributed by atoms with Crippen molar-refractivity contribution in [2.75, 3.05) is 13.1 Å². The summed E-state index contributed by atoms with van der Waals surface area (Å²) in [6.45, 7) is 1.90. The average molecular weight is 455 g/mol. The molecule has 0 bridgehead atoms. The number of hydrogen-bond donors (Lipinski definition) is 1. The van der Waals surface area contributed by atoms with Crippen LogP contribution in [0, 0.1) is 11.3 Å². The summed E-state index contributed by atoms with van der Waals surface area (Å²) in [7, 11) is 0. The van der Waals surface area contributed by atoms with Crippen LogP contribution in [0.2, 0.25) is 0 Å². The van der Waals surface area contributed by atoms with E-state index in [4.69, 9.17) is 5.26 Å². The summed E-state index contributed by atoms with van der Waals surface area (Å²) in [5.41, 5.74) is 3.20. The second-order valence-electron chi connectivity index (χ2n) is 8.69. The number of carbonyl (C=O) groups excluding carboxylic acids is 2. The van der Waals surface area contributed by atoms with Gasteiger partial charge < -0.3 is 14.8 Å². The molecule has 34 heavy (non-hydrogen) atoms. The number of likely N-dealkylation sites (tertiary alicyclic amines) is 1. The maximum atomic E-state index is 12.8. The first kappa shape index (κ1) is 23.3. The highest BCUT2D eigenvalue weighted by molar-refractivity contribution is 5.96. The number of rotatable bonds is 8. The van der Waals surface area contributed by atoms with Gasteiger partial charge in [-0.1, -0.05) is 48.5 Å². The quantitative estimate of drug-likeness (QED) is 0.515. The van der Waals surface area contributed by atoms with Crippen LogP contribution in [0.25, 0.3) is 17.0 Å². The summed E-state index contributed by atoms with van der Waals surface area (Å²) in [4.78, 5) is 26.9. The number of aromatic nitrogens is 1. The number of para-hydroxylation sites is 1. The highest BCUT2D eigenvalue weighted by Gasteiger charge is 2.22. The SMILES string of the molecule is N#CCCn1cc(/C=C/C(=O)N2CCC(NC(=O)CCc3ccccc3)CC2)c2ccccc21. The van der Waals surface area contributed by atoms with E-state index in [1.165, 1.54) is 0 Å². The van der Waals surface area contributed by atoms with E-state index in [2.05, 4.69) is 16.0 Å². The summed E-state index contributed by atoms with van der Waals surface area (Å²) in [5.74, 6) is 0.0593. The van der Waals surface area contributed by atoms with Crippen molar-refractivity contribution in [1.82, 2.24) is 14.8 Å². The highest BCUT2D eigenvalue weighted by Crippen LogP contribution is 2.23. The van der Waals surface area contributed by atoms with Gasteiger partial charge in [-0.2, -0.15) is 5.26 Å². The average Bonchev–Trinajstić information content (AvgIpc) is 3.23. The molecule has 1 fully saturated rings. The predicted octanol–water partition coefficient (Wildman–Crippen LogP) is 4.31. The lowest BCUT2D eigenvalue weighted by Crippen LogP contribution is -2.46. The van der Waals surface area contributed by atoms with Crippen LogP contribution in [0.5, 0.6) is 0 Å². The van der Waals surface area contributed by atoms with E-state index in [9.17, 15) is 9.59 Å². The van der Waals surface area contributed by atoms with Gasteiger partial charge in [0.05, 0.1) is 12.5 Å². The first-order valence-corrected chi connectivity index (χ1v) is 11.9. The van der Waals surface area contributed by atoms with E-state index >= 15 is 0 Å². The molecule has 3 aromatic rings. The Labute approximate surface area is 200 Å². The number of nitriles is 1. The van der Waals surface area contributed by atoms with E-state index in [-0.39, 0.29) is 17.9 Å². The van der Waals surface area contributed by atoms with Crippen LogP contribution < -0.4 is 5.32 Å². The molecule has 6 heteroatoms. The van der Waals surface area contributed by atoms with Gasteiger partial charge in [0, 0.05) is 60.8 Å². The number of nitrogens with one attached hydrogen (secondary N) is 1. The van der Waals surface area contributed by atoms with E-state index in [1.807, 2.05) is 71.8 Å². The minimum atomic E-state index is -0.0114. The van der Waals surface area contributed by atoms with Crippen molar-refractivity contribution in [3.63, 3.8) is 0 Å². The fourth-order valence-electron chi connectivity index (χ4n) is 4.48. The number of amides is 2. The van der Waals surface area contributed by atoms with Gasteiger partial charge in [-0.25, -0.2) is 0 Å². The zero-order chi connectivity index (χ0) is 23.8. The second kappa shape index (κ2) is 11.3. The van der Waals surface area contributed by atoms with Crippen molar-refractivity contribution in [1.29, 1.82) is 5.26 Å². The molecule has 1 aromatic heterocycles. The minimum Gasteiger partial charge on any atom is -0.353 e. The molecule has 0 aliphatic carbocycles. The van der Waals surface area contributed by atoms with Crippen LogP contribution in [-0.4, -0.2) is 40.4 Å². The fourth-order valence-corrected chi connectivity index (χ4v) is 4.48. The molecular formula is C28H30N4O2. The lowest BCUT2D eigenvalue weighted by atomic mass is 10.0. The maximum Gasteiger partial charge on any atom is 0.246 e. The van der Waals surface area contributed by atoms with Gasteiger partial charge in [0.1, 0.15) is 0 Å². The summed E-state index contributed by atoms with van der Waals surface area (Å²) in [6.07, 6.45) is 8.70. The zero-order valence-electron chi connectivity index (χ0n) is 19.3. The largest absolute Gasteiger partial charge is 0.353 e. The van der Waals surface area contributed by atoms with Gasteiger partial charge in [0.15, 0.2) is 0 Å². The van der Waals surface area contributed by atoms with Crippen molar-refractivity contribution in [2.45, 2.75) is 44.7 Å². The van der Waals surface area contributed by atoms with E-state index in [0.29, 0.717) is 32.5 Å². The Morgan fingerprint density at radius 3 is 2.56 bits per heavy atom. The molecule has 0 saturated carbocycles. The molecule has 2 amide bonds. The summed E-state index contributed by atoms with van der Waals surface area (Å²) >= 11 is 0. The molecular weight excluding hydrogens is 424 g/mol. The Morgan fingerprint density at radius 2 is 1.79 bits per heavy atom. The van der Waals surface area contributed by atoms with Crippen LogP contribution in [0.4, 0.5) is 0 Å². The smallest absolute Gasteiger partial charge is 0.246 e. The Kier molecular flexibility index (Phi) is 7.77. The third-order valence-electron chi connectivity index (χ3n) is 6.34. The van der Waals surface area contributed by atoms with E-state index < -0.39 is 0 Å². The molecule has 4 rings (SSSR count). The third kappa shape index (κ3) is 5.93. The van der Waals surface area contributed by atoms with Gasteiger partial charge in [-0.3, -0.25) is 9.59 Å². The monoisotopic (exact) mass is 454 g/mol. The lowest BCUT2D eigenvalue weighted by Gasteiger charge is -2.31. The Balaban J connectivity index is 1.28. The minimum absolute atomic E-state index is 0.0114. The van der Waals surface area contributed by atoms with Crippen LogP contribution in [0.3, 0.4) is 0 Å². The Morgan fingerprint density at radius 1 is 1.06 bits per heavy atom. The lowest BCUT2D eigenvalue weighted by molar-refractivity contribution is -0.127. The highest BCUT2D eigenvalue weighted by atomic mass is 16.2. The first-order valence-electron chi connectivity index (χ1n) is 11.9. The molecule has 1 aliphatic rings. The maximum absolute atomic E-state index is 12.8. The number of fused-ring (bicyclic) bond motifs is 1. The van der Waals surface area contributed by atoms with Crippen molar-refractivity contribution in [3.05, 3.63) is 78.0 Å². The van der Waals surface area contributed by atoms with Crippen LogP contribution in [-0.2, 0) is 22.6 Å². The van der Waals surface area contributed by atoms with Crippen LogP contribution in [0.1, 0.15) is 36.8 Å². The second-order valence-corrected chi connectivity index (χ2v) is 8.69. The standard InChI is InChI=1S/C28H30N4O2/c29-17-6-18-32-21-23(25-9-4-5-10-26(25)32)12-14-28(34)31-19-15-24(16-20-31)30-27(33)13-11-22-7-2-1-3-8-22/h1-5,7-10,12,14,21,24H,6,11,13,15-16,18-20H2,(H,30,33)/b14-12+. The summed E-state index contributed by atoms with van der Waals surface area (Å²) in [5, 5.41) is 13.1. The van der Waals surface area contributed by atoms with Gasteiger partial charge in [0.25, 0.3) is 0 Å². The number of nitrogens with zero attached hydrogens (tertiary/aromatic N) is 3. The molecule has 6 nitrogen and oxygen atoms in total. The Hall–Kier alpha value is -3.85. The molecule has 1 saturated heterocycles. The number of hydrogen-bond acceptors (Lipinski definition) is 3. The molecule has 0 unspecified atom stereocenters. The normalized spacial score (nSPS) is 14.4. The molecule has 2 heterocycles. The number of benzene rings is 2. The van der Waals surface area contributed by atoms with Gasteiger partial charge in [-0.15, -0.1) is 0 Å². The summed E-state index contributed by atoms with van der Waals surface area (Å²) in [6, 6.07) is 20.4. The molecule has 0 spiro atoms. The molecule has 2 aromatic carbocycles.